The van der Waals surface area contributed by atoms with E-state index < -0.39 is 17.1 Å². The molecule has 1 fully saturated rings. The molecule has 1 amide bonds. The molecule has 1 heterocycles. The molecule has 2 aromatic rings. The molecule has 0 bridgehead atoms. The number of methoxy groups -OCH3 is 1. The first-order valence-corrected chi connectivity index (χ1v) is 10.5. The summed E-state index contributed by atoms with van der Waals surface area (Å²) >= 11 is 13.4. The number of carbonyl (C=O) groups excluding carboxylic acids is 1. The van der Waals surface area contributed by atoms with Crippen molar-refractivity contribution < 1.29 is 24.2 Å². The Balaban J connectivity index is 1.66. The third-order valence-corrected chi connectivity index (χ3v) is 5.89. The number of thioether (sulfide) groups is 1. The van der Waals surface area contributed by atoms with Gasteiger partial charge in [0, 0.05) is 15.6 Å². The van der Waals surface area contributed by atoms with Crippen molar-refractivity contribution >= 4 is 58.2 Å². The summed E-state index contributed by atoms with van der Waals surface area (Å²) < 4.78 is 11.2. The van der Waals surface area contributed by atoms with Crippen molar-refractivity contribution in [2.75, 3.05) is 7.11 Å². The van der Waals surface area contributed by atoms with Crippen LogP contribution in [-0.2, 0) is 16.2 Å². The number of carboxylic acids is 1. The number of benzene rings is 2. The zero-order valence-corrected chi connectivity index (χ0v) is 18.5. The van der Waals surface area contributed by atoms with Crippen LogP contribution in [0.25, 0.3) is 0 Å². The maximum atomic E-state index is 11.7. The van der Waals surface area contributed by atoms with Gasteiger partial charge in [-0.25, -0.2) is 0 Å². The lowest BCUT2D eigenvalue weighted by atomic mass is 10.2. The van der Waals surface area contributed by atoms with Gasteiger partial charge < -0.3 is 19.9 Å². The fourth-order valence-electron chi connectivity index (χ4n) is 2.60. The molecule has 0 spiro atoms. The molecule has 162 valence electrons. The van der Waals surface area contributed by atoms with Crippen LogP contribution in [0.4, 0.5) is 0 Å². The lowest BCUT2D eigenvalue weighted by Gasteiger charge is -2.13. The van der Waals surface area contributed by atoms with Gasteiger partial charge in [-0.1, -0.05) is 41.0 Å². The topological polar surface area (TPSA) is 110 Å². The van der Waals surface area contributed by atoms with Gasteiger partial charge in [0.05, 0.1) is 19.7 Å². The molecule has 3 rings (SSSR count). The average Bonchev–Trinajstić information content (AvgIpc) is 3.06. The third kappa shape index (κ3) is 6.13. The van der Waals surface area contributed by atoms with Crippen LogP contribution >= 0.6 is 35.0 Å². The van der Waals surface area contributed by atoms with Gasteiger partial charge in [-0.15, -0.1) is 5.10 Å². The van der Waals surface area contributed by atoms with Crippen molar-refractivity contribution in [1.82, 2.24) is 5.32 Å². The van der Waals surface area contributed by atoms with E-state index in [4.69, 9.17) is 37.8 Å². The molecule has 0 saturated carbocycles. The summed E-state index contributed by atoms with van der Waals surface area (Å²) in [5.41, 5.74) is 1.35. The summed E-state index contributed by atoms with van der Waals surface area (Å²) in [6, 6.07) is 10.4. The highest BCUT2D eigenvalue weighted by Gasteiger charge is 2.32. The number of hydrogen-bond acceptors (Lipinski definition) is 7. The number of amides is 1. The Morgan fingerprint density at radius 3 is 2.68 bits per heavy atom. The second-order valence-corrected chi connectivity index (χ2v) is 8.25. The zero-order chi connectivity index (χ0) is 22.4. The molecule has 2 N–H and O–H groups in total. The fourth-order valence-corrected chi connectivity index (χ4v) is 4.02. The molecule has 1 atom stereocenters. The summed E-state index contributed by atoms with van der Waals surface area (Å²) in [4.78, 5) is 22.5. The van der Waals surface area contributed by atoms with Gasteiger partial charge in [-0.2, -0.15) is 5.10 Å². The number of hydrogen-bond donors (Lipinski definition) is 2. The summed E-state index contributed by atoms with van der Waals surface area (Å²) in [5.74, 6) is -0.478. The van der Waals surface area contributed by atoms with Crippen molar-refractivity contribution in [3.63, 3.8) is 0 Å². The van der Waals surface area contributed by atoms with E-state index in [2.05, 4.69) is 15.5 Å². The highest BCUT2D eigenvalue weighted by molar-refractivity contribution is 8.15. The predicted molar refractivity (Wildman–Crippen MR) is 121 cm³/mol. The molecule has 0 aliphatic carbocycles. The van der Waals surface area contributed by atoms with Crippen LogP contribution in [0.2, 0.25) is 10.0 Å². The van der Waals surface area contributed by atoms with Gasteiger partial charge in [0.2, 0.25) is 5.91 Å². The average molecular weight is 482 g/mol. The molecule has 0 aromatic heterocycles. The van der Waals surface area contributed by atoms with E-state index in [1.807, 2.05) is 0 Å². The number of carboxylic acid groups (broad SMARTS) is 1. The summed E-state index contributed by atoms with van der Waals surface area (Å²) in [7, 11) is 1.51. The van der Waals surface area contributed by atoms with E-state index in [9.17, 15) is 9.59 Å². The Bertz CT molecular complexity index is 1040. The Labute approximate surface area is 192 Å². The van der Waals surface area contributed by atoms with Gasteiger partial charge in [0.15, 0.2) is 16.7 Å². The lowest BCUT2D eigenvalue weighted by molar-refractivity contribution is -0.138. The third-order valence-electron chi connectivity index (χ3n) is 4.11. The first-order chi connectivity index (χ1) is 14.9. The molecule has 1 aliphatic heterocycles. The lowest BCUT2D eigenvalue weighted by Crippen LogP contribution is -2.26. The molecule has 2 aromatic carbocycles. The standard InChI is InChI=1S/C20H17Cl2N3O5S/c1-29-16-7-11(9-23-25-20-24-19(28)17(31-20)8-18(26)27)5-6-15(16)30-10-12-13(21)3-2-4-14(12)22/h2-7,9,17H,8,10H2,1H3,(H,26,27)(H,24,25,28). The number of rotatable bonds is 8. The van der Waals surface area contributed by atoms with E-state index in [-0.39, 0.29) is 18.2 Å². The number of nitrogens with one attached hydrogen (secondary N) is 1. The number of amidine groups is 1. The minimum absolute atomic E-state index is 0.171. The van der Waals surface area contributed by atoms with Crippen molar-refractivity contribution in [3.8, 4) is 11.5 Å². The molecule has 1 aliphatic rings. The van der Waals surface area contributed by atoms with Crippen molar-refractivity contribution in [1.29, 1.82) is 0 Å². The first kappa shape index (κ1) is 22.9. The highest BCUT2D eigenvalue weighted by Crippen LogP contribution is 2.31. The van der Waals surface area contributed by atoms with E-state index in [1.165, 1.54) is 13.3 Å². The summed E-state index contributed by atoms with van der Waals surface area (Å²) in [5, 5.41) is 19.7. The van der Waals surface area contributed by atoms with Crippen LogP contribution in [0.15, 0.2) is 46.6 Å². The Hall–Kier alpha value is -2.75. The number of halogens is 2. The second kappa shape index (κ2) is 10.5. The van der Waals surface area contributed by atoms with Crippen LogP contribution in [0.5, 0.6) is 11.5 Å². The van der Waals surface area contributed by atoms with Crippen molar-refractivity contribution in [2.24, 2.45) is 10.2 Å². The predicted octanol–water partition coefficient (Wildman–Crippen LogP) is 3.98. The van der Waals surface area contributed by atoms with Crippen LogP contribution in [0.1, 0.15) is 17.5 Å². The first-order valence-electron chi connectivity index (χ1n) is 8.91. The Morgan fingerprint density at radius 2 is 2.00 bits per heavy atom. The van der Waals surface area contributed by atoms with E-state index in [0.717, 1.165) is 11.8 Å². The fraction of sp³-hybridized carbons (Fsp3) is 0.200. The van der Waals surface area contributed by atoms with Crippen LogP contribution < -0.4 is 14.8 Å². The zero-order valence-electron chi connectivity index (χ0n) is 16.2. The van der Waals surface area contributed by atoms with E-state index in [1.54, 1.807) is 36.4 Å². The Kier molecular flexibility index (Phi) is 7.78. The number of ether oxygens (including phenoxy) is 2. The molecule has 1 unspecified atom stereocenters. The van der Waals surface area contributed by atoms with Crippen LogP contribution in [-0.4, -0.2) is 40.7 Å². The largest absolute Gasteiger partial charge is 0.493 e. The van der Waals surface area contributed by atoms with E-state index >= 15 is 0 Å². The summed E-state index contributed by atoms with van der Waals surface area (Å²) in [6.07, 6.45) is 1.19. The minimum atomic E-state index is -1.05. The normalized spacial score (nSPS) is 17.2. The molecule has 31 heavy (non-hydrogen) atoms. The van der Waals surface area contributed by atoms with E-state index in [0.29, 0.717) is 32.7 Å². The molecular weight excluding hydrogens is 465 g/mol. The number of aliphatic carboxylic acids is 1. The maximum absolute atomic E-state index is 11.7. The van der Waals surface area contributed by atoms with Gasteiger partial charge in [0.25, 0.3) is 0 Å². The quantitative estimate of drug-likeness (QED) is 0.435. The van der Waals surface area contributed by atoms with Gasteiger partial charge >= 0.3 is 5.97 Å². The smallest absolute Gasteiger partial charge is 0.305 e. The highest BCUT2D eigenvalue weighted by atomic mass is 35.5. The number of carbonyl (C=O) groups is 2. The monoisotopic (exact) mass is 481 g/mol. The van der Waals surface area contributed by atoms with Crippen molar-refractivity contribution in [3.05, 3.63) is 57.6 Å². The second-order valence-electron chi connectivity index (χ2n) is 6.24. The van der Waals surface area contributed by atoms with Crippen LogP contribution in [0, 0.1) is 0 Å². The molecular formula is C20H17Cl2N3O5S. The summed E-state index contributed by atoms with van der Waals surface area (Å²) in [6.45, 7) is 0.171. The van der Waals surface area contributed by atoms with Gasteiger partial charge in [-0.05, 0) is 35.9 Å². The van der Waals surface area contributed by atoms with Crippen molar-refractivity contribution in [2.45, 2.75) is 18.3 Å². The molecule has 0 radical (unpaired) electrons. The maximum Gasteiger partial charge on any atom is 0.305 e. The Morgan fingerprint density at radius 1 is 1.26 bits per heavy atom. The SMILES string of the molecule is COc1cc(C=NN=C2NC(=O)C(CC(=O)O)S2)ccc1OCc1c(Cl)cccc1Cl. The van der Waals surface area contributed by atoms with Gasteiger partial charge in [-0.3, -0.25) is 9.59 Å². The molecule has 11 heteroatoms. The van der Waals surface area contributed by atoms with Gasteiger partial charge in [0.1, 0.15) is 11.9 Å². The van der Waals surface area contributed by atoms with Crippen LogP contribution in [0.3, 0.4) is 0 Å². The molecule has 1 saturated heterocycles. The number of nitrogens with zero attached hydrogens (tertiary/aromatic N) is 2. The minimum Gasteiger partial charge on any atom is -0.493 e. The molecule has 8 nitrogen and oxygen atoms in total.